The van der Waals surface area contributed by atoms with Crippen LogP contribution in [-0.4, -0.2) is 56.0 Å². The SMILES string of the molecule is Cc1oc(CO)cc1S(=O)(=O)N(C)C1CCCN(C)C1. The predicted molar refractivity (Wildman–Crippen MR) is 74.8 cm³/mol. The van der Waals surface area contributed by atoms with E-state index in [4.69, 9.17) is 9.52 Å². The third-order valence-corrected chi connectivity index (χ3v) is 5.87. The third kappa shape index (κ3) is 2.90. The molecule has 0 bridgehead atoms. The molecule has 1 aromatic rings. The maximum Gasteiger partial charge on any atom is 0.246 e. The summed E-state index contributed by atoms with van der Waals surface area (Å²) in [6.07, 6.45) is 1.86. The number of furan rings is 1. The predicted octanol–water partition coefficient (Wildman–Crippen LogP) is 0.795. The lowest BCUT2D eigenvalue weighted by Crippen LogP contribution is -2.47. The van der Waals surface area contributed by atoms with Crippen molar-refractivity contribution < 1.29 is 17.9 Å². The fraction of sp³-hybridized carbons (Fsp3) is 0.692. The zero-order chi connectivity index (χ0) is 14.9. The van der Waals surface area contributed by atoms with Crippen LogP contribution in [0.25, 0.3) is 0 Å². The Hall–Kier alpha value is -0.890. The Morgan fingerprint density at radius 1 is 1.55 bits per heavy atom. The van der Waals surface area contributed by atoms with Crippen molar-refractivity contribution in [3.8, 4) is 0 Å². The summed E-state index contributed by atoms with van der Waals surface area (Å²) in [5.74, 6) is 0.598. The fourth-order valence-electron chi connectivity index (χ4n) is 2.65. The number of aryl methyl sites for hydroxylation is 1. The van der Waals surface area contributed by atoms with Gasteiger partial charge in [-0.1, -0.05) is 0 Å². The van der Waals surface area contributed by atoms with Crippen LogP contribution in [0.15, 0.2) is 15.4 Å². The first-order valence-electron chi connectivity index (χ1n) is 6.73. The summed E-state index contributed by atoms with van der Waals surface area (Å²) in [5.41, 5.74) is 0. The van der Waals surface area contributed by atoms with Gasteiger partial charge in [0.1, 0.15) is 23.0 Å². The Balaban J connectivity index is 2.26. The largest absolute Gasteiger partial charge is 0.462 e. The molecule has 1 N–H and O–H groups in total. The van der Waals surface area contributed by atoms with Crippen molar-refractivity contribution in [2.75, 3.05) is 27.2 Å². The van der Waals surface area contributed by atoms with Crippen LogP contribution < -0.4 is 0 Å². The second-order valence-electron chi connectivity index (χ2n) is 5.37. The minimum absolute atomic E-state index is 0.0226. The lowest BCUT2D eigenvalue weighted by molar-refractivity contribution is 0.187. The number of aliphatic hydroxyl groups is 1. The number of hydrogen-bond acceptors (Lipinski definition) is 5. The number of rotatable bonds is 4. The van der Waals surface area contributed by atoms with Crippen LogP contribution >= 0.6 is 0 Å². The van der Waals surface area contributed by atoms with Crippen molar-refractivity contribution >= 4 is 10.0 Å². The van der Waals surface area contributed by atoms with Crippen molar-refractivity contribution in [1.29, 1.82) is 0 Å². The average Bonchev–Trinajstić information content (AvgIpc) is 2.80. The molecule has 0 aliphatic carbocycles. The Morgan fingerprint density at radius 3 is 2.80 bits per heavy atom. The molecule has 1 unspecified atom stereocenters. The number of likely N-dealkylation sites (N-methyl/N-ethyl adjacent to an activating group) is 2. The van der Waals surface area contributed by atoms with Gasteiger partial charge < -0.3 is 14.4 Å². The standard InChI is InChI=1S/C13H22N2O4S/c1-10-13(7-12(9-16)19-10)20(17,18)15(3)11-5-4-6-14(2)8-11/h7,11,16H,4-6,8-9H2,1-3H3. The van der Waals surface area contributed by atoms with Gasteiger partial charge in [0, 0.05) is 25.7 Å². The van der Waals surface area contributed by atoms with E-state index in [9.17, 15) is 8.42 Å². The van der Waals surface area contributed by atoms with E-state index in [0.717, 1.165) is 25.9 Å². The molecule has 2 rings (SSSR count). The van der Waals surface area contributed by atoms with Gasteiger partial charge in [-0.25, -0.2) is 8.42 Å². The molecule has 1 aliphatic heterocycles. The smallest absolute Gasteiger partial charge is 0.246 e. The number of likely N-dealkylation sites (tertiary alicyclic amines) is 1. The maximum atomic E-state index is 12.7. The molecule has 2 heterocycles. The van der Waals surface area contributed by atoms with Crippen molar-refractivity contribution in [3.05, 3.63) is 17.6 Å². The highest BCUT2D eigenvalue weighted by Crippen LogP contribution is 2.26. The Bertz CT molecular complexity index is 567. The number of nitrogens with zero attached hydrogens (tertiary/aromatic N) is 2. The molecule has 0 spiro atoms. The molecular weight excluding hydrogens is 280 g/mol. The Morgan fingerprint density at radius 2 is 2.25 bits per heavy atom. The number of aliphatic hydroxyl groups excluding tert-OH is 1. The molecular formula is C13H22N2O4S. The highest BCUT2D eigenvalue weighted by atomic mass is 32.2. The first-order chi connectivity index (χ1) is 9.36. The van der Waals surface area contributed by atoms with E-state index in [1.165, 1.54) is 10.4 Å². The number of sulfonamides is 1. The second-order valence-corrected chi connectivity index (χ2v) is 7.34. The van der Waals surface area contributed by atoms with Gasteiger partial charge in [0.2, 0.25) is 10.0 Å². The van der Waals surface area contributed by atoms with E-state index >= 15 is 0 Å². The molecule has 1 atom stereocenters. The summed E-state index contributed by atoms with van der Waals surface area (Å²) in [6.45, 7) is 3.04. The number of piperidine rings is 1. The van der Waals surface area contributed by atoms with Crippen molar-refractivity contribution in [2.45, 2.75) is 37.3 Å². The highest BCUT2D eigenvalue weighted by Gasteiger charge is 2.32. The summed E-state index contributed by atoms with van der Waals surface area (Å²) in [4.78, 5) is 2.29. The van der Waals surface area contributed by atoms with Gasteiger partial charge in [0.15, 0.2) is 0 Å². The van der Waals surface area contributed by atoms with Gasteiger partial charge in [-0.15, -0.1) is 0 Å². The molecule has 114 valence electrons. The zero-order valence-corrected chi connectivity index (χ0v) is 13.0. The summed E-state index contributed by atoms with van der Waals surface area (Å²) in [5, 5.41) is 9.05. The summed E-state index contributed by atoms with van der Waals surface area (Å²) >= 11 is 0. The quantitative estimate of drug-likeness (QED) is 0.890. The van der Waals surface area contributed by atoms with Crippen LogP contribution in [0.2, 0.25) is 0 Å². The first kappa shape index (κ1) is 15.5. The molecule has 1 aliphatic rings. The van der Waals surface area contributed by atoms with Crippen LogP contribution in [0.5, 0.6) is 0 Å². The normalized spacial score (nSPS) is 21.6. The lowest BCUT2D eigenvalue weighted by atomic mass is 10.1. The van der Waals surface area contributed by atoms with Crippen LogP contribution in [0.3, 0.4) is 0 Å². The zero-order valence-electron chi connectivity index (χ0n) is 12.2. The van der Waals surface area contributed by atoms with Gasteiger partial charge in [-0.3, -0.25) is 0 Å². The molecule has 6 nitrogen and oxygen atoms in total. The van der Waals surface area contributed by atoms with Gasteiger partial charge in [0.05, 0.1) is 0 Å². The Kier molecular flexibility index (Phi) is 4.53. The maximum absolute atomic E-state index is 12.7. The molecule has 1 saturated heterocycles. The van der Waals surface area contributed by atoms with E-state index in [0.29, 0.717) is 5.76 Å². The van der Waals surface area contributed by atoms with E-state index < -0.39 is 10.0 Å². The monoisotopic (exact) mass is 302 g/mol. The van der Waals surface area contributed by atoms with Gasteiger partial charge in [-0.05, 0) is 33.4 Å². The average molecular weight is 302 g/mol. The molecule has 20 heavy (non-hydrogen) atoms. The fourth-order valence-corrected chi connectivity index (χ4v) is 4.21. The molecule has 7 heteroatoms. The van der Waals surface area contributed by atoms with Crippen LogP contribution in [-0.2, 0) is 16.6 Å². The third-order valence-electron chi connectivity index (χ3n) is 3.85. The first-order valence-corrected chi connectivity index (χ1v) is 8.17. The van der Waals surface area contributed by atoms with Crippen LogP contribution in [0.4, 0.5) is 0 Å². The van der Waals surface area contributed by atoms with Gasteiger partial charge in [0.25, 0.3) is 0 Å². The molecule has 1 fully saturated rings. The van der Waals surface area contributed by atoms with Gasteiger partial charge in [-0.2, -0.15) is 4.31 Å². The molecule has 0 saturated carbocycles. The van der Waals surface area contributed by atoms with E-state index in [2.05, 4.69) is 4.90 Å². The minimum atomic E-state index is -3.58. The molecule has 0 aromatic carbocycles. The molecule has 0 radical (unpaired) electrons. The van der Waals surface area contributed by atoms with E-state index in [-0.39, 0.29) is 23.3 Å². The van der Waals surface area contributed by atoms with E-state index in [1.807, 2.05) is 7.05 Å². The highest BCUT2D eigenvalue weighted by molar-refractivity contribution is 7.89. The van der Waals surface area contributed by atoms with Crippen molar-refractivity contribution in [2.24, 2.45) is 0 Å². The second kappa shape index (κ2) is 5.85. The number of hydrogen-bond donors (Lipinski definition) is 1. The van der Waals surface area contributed by atoms with Crippen molar-refractivity contribution in [3.63, 3.8) is 0 Å². The lowest BCUT2D eigenvalue weighted by Gasteiger charge is -2.34. The van der Waals surface area contributed by atoms with Gasteiger partial charge >= 0.3 is 0 Å². The van der Waals surface area contributed by atoms with Crippen LogP contribution in [0, 0.1) is 6.92 Å². The molecule has 0 amide bonds. The topological polar surface area (TPSA) is 74.0 Å². The Labute approximate surface area is 120 Å². The summed E-state index contributed by atoms with van der Waals surface area (Å²) in [7, 11) is 0.0347. The summed E-state index contributed by atoms with van der Waals surface area (Å²) < 4.78 is 32.0. The van der Waals surface area contributed by atoms with Crippen molar-refractivity contribution in [1.82, 2.24) is 9.21 Å². The van der Waals surface area contributed by atoms with Crippen LogP contribution in [0.1, 0.15) is 24.4 Å². The molecule has 1 aromatic heterocycles. The van der Waals surface area contributed by atoms with E-state index in [1.54, 1.807) is 14.0 Å². The minimum Gasteiger partial charge on any atom is -0.462 e. The summed E-state index contributed by atoms with van der Waals surface area (Å²) in [6, 6.07) is 1.39.